The Morgan fingerprint density at radius 3 is 2.50 bits per heavy atom. The highest BCUT2D eigenvalue weighted by molar-refractivity contribution is 4.50. The molecule has 1 unspecified atom stereocenters. The molecule has 1 atom stereocenters. The van der Waals surface area contributed by atoms with Crippen LogP contribution < -0.4 is 5.32 Å². The number of hydrogen-bond acceptors (Lipinski definition) is 2. The highest BCUT2D eigenvalue weighted by atomic mass is 16.5. The first-order valence-corrected chi connectivity index (χ1v) is 6.13. The van der Waals surface area contributed by atoms with Crippen LogP contribution in [0.2, 0.25) is 0 Å². The van der Waals surface area contributed by atoms with Crippen LogP contribution in [0, 0.1) is 0 Å². The molecule has 0 spiro atoms. The summed E-state index contributed by atoms with van der Waals surface area (Å²) in [4.78, 5) is 0. The van der Waals surface area contributed by atoms with E-state index in [1.54, 1.807) is 0 Å². The smallest absolute Gasteiger partial charge is 0.0546 e. The minimum absolute atomic E-state index is 0.448. The quantitative estimate of drug-likeness (QED) is 0.549. The summed E-state index contributed by atoms with van der Waals surface area (Å²) in [5, 5.41) is 3.39. The van der Waals surface area contributed by atoms with Crippen molar-refractivity contribution in [3.05, 3.63) is 0 Å². The van der Waals surface area contributed by atoms with Crippen LogP contribution in [0.4, 0.5) is 0 Å². The van der Waals surface area contributed by atoms with Crippen LogP contribution >= 0.6 is 0 Å². The number of unbranched alkanes of at least 4 members (excludes halogenated alkanes) is 1. The second-order valence-electron chi connectivity index (χ2n) is 3.93. The van der Waals surface area contributed by atoms with Crippen LogP contribution in [0.5, 0.6) is 0 Å². The van der Waals surface area contributed by atoms with Gasteiger partial charge in [0.25, 0.3) is 0 Å². The van der Waals surface area contributed by atoms with E-state index in [1.807, 2.05) is 0 Å². The zero-order valence-electron chi connectivity index (χ0n) is 10.1. The second-order valence-corrected chi connectivity index (χ2v) is 3.93. The van der Waals surface area contributed by atoms with Crippen molar-refractivity contribution in [1.29, 1.82) is 0 Å². The Kier molecular flexibility index (Phi) is 10.9. The average Bonchev–Trinajstić information content (AvgIpc) is 2.17. The first-order chi connectivity index (χ1) is 6.81. The maximum atomic E-state index is 5.66. The van der Waals surface area contributed by atoms with Crippen molar-refractivity contribution >= 4 is 0 Å². The van der Waals surface area contributed by atoms with Crippen LogP contribution in [0.15, 0.2) is 0 Å². The monoisotopic (exact) mass is 201 g/mol. The lowest BCUT2D eigenvalue weighted by atomic mass is 10.2. The summed E-state index contributed by atoms with van der Waals surface area (Å²) in [5.74, 6) is 0. The molecule has 0 aromatic carbocycles. The van der Waals surface area contributed by atoms with Gasteiger partial charge in [0.2, 0.25) is 0 Å². The molecule has 0 bridgehead atoms. The summed E-state index contributed by atoms with van der Waals surface area (Å²) >= 11 is 0. The topological polar surface area (TPSA) is 21.3 Å². The Morgan fingerprint density at radius 2 is 1.86 bits per heavy atom. The van der Waals surface area contributed by atoms with E-state index < -0.39 is 0 Å². The zero-order chi connectivity index (χ0) is 10.6. The van der Waals surface area contributed by atoms with E-state index in [0.717, 1.165) is 19.7 Å². The molecular formula is C12H27NO. The van der Waals surface area contributed by atoms with E-state index in [0.29, 0.717) is 6.10 Å². The van der Waals surface area contributed by atoms with Crippen molar-refractivity contribution in [2.45, 2.75) is 59.0 Å². The van der Waals surface area contributed by atoms with Gasteiger partial charge in [-0.05, 0) is 45.7 Å². The van der Waals surface area contributed by atoms with Crippen molar-refractivity contribution in [3.63, 3.8) is 0 Å². The molecule has 0 saturated carbocycles. The molecule has 0 saturated heterocycles. The predicted molar refractivity (Wildman–Crippen MR) is 62.7 cm³/mol. The van der Waals surface area contributed by atoms with Gasteiger partial charge < -0.3 is 10.1 Å². The molecule has 0 fully saturated rings. The number of rotatable bonds is 10. The molecule has 0 rings (SSSR count). The lowest BCUT2D eigenvalue weighted by Crippen LogP contribution is -2.17. The molecular weight excluding hydrogens is 174 g/mol. The lowest BCUT2D eigenvalue weighted by Gasteiger charge is -2.11. The van der Waals surface area contributed by atoms with Gasteiger partial charge in [-0.15, -0.1) is 0 Å². The fourth-order valence-corrected chi connectivity index (χ4v) is 1.43. The van der Waals surface area contributed by atoms with Crippen molar-refractivity contribution in [2.75, 3.05) is 19.7 Å². The summed E-state index contributed by atoms with van der Waals surface area (Å²) in [7, 11) is 0. The van der Waals surface area contributed by atoms with E-state index in [4.69, 9.17) is 4.74 Å². The largest absolute Gasteiger partial charge is 0.379 e. The van der Waals surface area contributed by atoms with Crippen molar-refractivity contribution in [1.82, 2.24) is 5.32 Å². The van der Waals surface area contributed by atoms with Gasteiger partial charge >= 0.3 is 0 Å². The van der Waals surface area contributed by atoms with Crippen LogP contribution in [0.3, 0.4) is 0 Å². The molecule has 2 heteroatoms. The van der Waals surface area contributed by atoms with Gasteiger partial charge in [0.15, 0.2) is 0 Å². The Bertz CT molecular complexity index is 106. The summed E-state index contributed by atoms with van der Waals surface area (Å²) in [6.07, 6.45) is 6.50. The first-order valence-electron chi connectivity index (χ1n) is 6.13. The first kappa shape index (κ1) is 13.9. The number of nitrogens with one attached hydrogen (secondary N) is 1. The fourth-order valence-electron chi connectivity index (χ4n) is 1.43. The summed E-state index contributed by atoms with van der Waals surface area (Å²) < 4.78 is 5.66. The van der Waals surface area contributed by atoms with Crippen LogP contribution in [0.1, 0.15) is 52.9 Å². The predicted octanol–water partition coefficient (Wildman–Crippen LogP) is 2.97. The van der Waals surface area contributed by atoms with Crippen LogP contribution in [-0.4, -0.2) is 25.8 Å². The third-order valence-electron chi connectivity index (χ3n) is 2.27. The van der Waals surface area contributed by atoms with Crippen molar-refractivity contribution < 1.29 is 4.74 Å². The third-order valence-corrected chi connectivity index (χ3v) is 2.27. The van der Waals surface area contributed by atoms with Gasteiger partial charge in [-0.3, -0.25) is 0 Å². The summed E-state index contributed by atoms with van der Waals surface area (Å²) in [5.41, 5.74) is 0. The number of hydrogen-bond donors (Lipinski definition) is 1. The summed E-state index contributed by atoms with van der Waals surface area (Å²) in [6.45, 7) is 9.78. The Labute approximate surface area is 89.4 Å². The van der Waals surface area contributed by atoms with Crippen LogP contribution in [0.25, 0.3) is 0 Å². The molecule has 0 heterocycles. The Hall–Kier alpha value is -0.0800. The highest BCUT2D eigenvalue weighted by Gasteiger charge is 1.98. The van der Waals surface area contributed by atoms with Gasteiger partial charge in [-0.2, -0.15) is 0 Å². The molecule has 0 amide bonds. The maximum Gasteiger partial charge on any atom is 0.0546 e. The molecule has 0 aliphatic carbocycles. The minimum atomic E-state index is 0.448. The molecule has 14 heavy (non-hydrogen) atoms. The second kappa shape index (κ2) is 11.0. The van der Waals surface area contributed by atoms with Crippen molar-refractivity contribution in [2.24, 2.45) is 0 Å². The van der Waals surface area contributed by atoms with Gasteiger partial charge in [-0.1, -0.05) is 20.3 Å². The molecule has 2 nitrogen and oxygen atoms in total. The molecule has 0 aliphatic heterocycles. The minimum Gasteiger partial charge on any atom is -0.379 e. The summed E-state index contributed by atoms with van der Waals surface area (Å²) in [6, 6.07) is 0. The molecule has 0 aliphatic rings. The average molecular weight is 201 g/mol. The van der Waals surface area contributed by atoms with Gasteiger partial charge in [0.05, 0.1) is 6.10 Å². The van der Waals surface area contributed by atoms with Gasteiger partial charge in [-0.25, -0.2) is 0 Å². The lowest BCUT2D eigenvalue weighted by molar-refractivity contribution is 0.0574. The van der Waals surface area contributed by atoms with E-state index >= 15 is 0 Å². The molecule has 0 aromatic heterocycles. The van der Waals surface area contributed by atoms with E-state index in [-0.39, 0.29) is 0 Å². The molecule has 0 aromatic rings. The Morgan fingerprint density at radius 1 is 1.07 bits per heavy atom. The number of ether oxygens (including phenoxy) is 1. The zero-order valence-corrected chi connectivity index (χ0v) is 10.1. The van der Waals surface area contributed by atoms with E-state index in [2.05, 4.69) is 26.1 Å². The SMILES string of the molecule is CCCNCCCCOC(C)CCC. The standard InChI is InChI=1S/C12H27NO/c1-4-8-12(3)14-11-7-6-10-13-9-5-2/h12-13H,4-11H2,1-3H3. The van der Waals surface area contributed by atoms with E-state index in [1.165, 1.54) is 32.1 Å². The molecule has 1 N–H and O–H groups in total. The maximum absolute atomic E-state index is 5.66. The third kappa shape index (κ3) is 10.0. The normalized spacial score (nSPS) is 13.1. The molecule has 86 valence electrons. The fraction of sp³-hybridized carbons (Fsp3) is 1.00. The van der Waals surface area contributed by atoms with Crippen molar-refractivity contribution in [3.8, 4) is 0 Å². The Balaban J connectivity index is 2.98. The molecule has 0 radical (unpaired) electrons. The van der Waals surface area contributed by atoms with E-state index in [9.17, 15) is 0 Å². The van der Waals surface area contributed by atoms with Gasteiger partial charge in [0.1, 0.15) is 0 Å². The van der Waals surface area contributed by atoms with Crippen LogP contribution in [-0.2, 0) is 4.74 Å². The van der Waals surface area contributed by atoms with Gasteiger partial charge in [0, 0.05) is 6.61 Å². The highest BCUT2D eigenvalue weighted by Crippen LogP contribution is 2.01.